The summed E-state index contributed by atoms with van der Waals surface area (Å²) in [7, 11) is -1.51. The average molecular weight is 467 g/mol. The number of likely N-dealkylation sites (N-methyl/N-ethyl adjacent to an activating group) is 1. The van der Waals surface area contributed by atoms with E-state index in [1.807, 2.05) is 0 Å². The molecule has 8 nitrogen and oxygen atoms in total. The van der Waals surface area contributed by atoms with E-state index >= 15 is 0 Å². The molecule has 4 bridgehead atoms. The van der Waals surface area contributed by atoms with E-state index in [1.165, 1.54) is 32.3 Å². The topological polar surface area (TPSA) is 113 Å². The Morgan fingerprint density at radius 3 is 2.38 bits per heavy atom. The van der Waals surface area contributed by atoms with Gasteiger partial charge in [0.25, 0.3) is 0 Å². The summed E-state index contributed by atoms with van der Waals surface area (Å²) in [6.45, 7) is -0.354. The van der Waals surface area contributed by atoms with E-state index in [0.717, 1.165) is 40.7 Å². The van der Waals surface area contributed by atoms with Gasteiger partial charge in [-0.15, -0.1) is 0 Å². The molecule has 4 aliphatic carbocycles. The number of benzene rings is 1. The fraction of sp³-hybridized carbons (Fsp3) is 0.636. The Morgan fingerprint density at radius 2 is 1.78 bits per heavy atom. The molecule has 4 fully saturated rings. The molecule has 0 aromatic heterocycles. The monoisotopic (exact) mass is 466 g/mol. The smallest absolute Gasteiger partial charge is 0.304 e. The van der Waals surface area contributed by atoms with Crippen molar-refractivity contribution in [1.29, 1.82) is 0 Å². The van der Waals surface area contributed by atoms with E-state index < -0.39 is 16.0 Å². The lowest BCUT2D eigenvalue weighted by atomic mass is 9.47. The minimum Gasteiger partial charge on any atom is -0.370 e. The van der Waals surface area contributed by atoms with Gasteiger partial charge in [-0.2, -0.15) is 12.7 Å². The molecule has 0 aliphatic heterocycles. The van der Waals surface area contributed by atoms with Gasteiger partial charge >= 0.3 is 10.2 Å². The molecule has 5 rings (SSSR count). The van der Waals surface area contributed by atoms with Crippen molar-refractivity contribution in [1.82, 2.24) is 9.62 Å². The molecular formula is C22H31FN4O4S. The van der Waals surface area contributed by atoms with Gasteiger partial charge in [0, 0.05) is 26.6 Å². The molecule has 1 aromatic carbocycles. The second kappa shape index (κ2) is 8.30. The van der Waals surface area contributed by atoms with Crippen LogP contribution in [0.5, 0.6) is 0 Å². The standard InChI is InChI=1S/C22H31FN4O4S/c1-26(32(30,31)27(2)18-6-4-3-5-17(18)23)13-20(29)25-21-15-7-14-8-16(21)11-22(9-14,10-15)12-19(24)28/h3-6,14-16,21H,7-13H2,1-2H3,(H2,24,28)(H,25,29). The van der Waals surface area contributed by atoms with Gasteiger partial charge in [0.1, 0.15) is 5.82 Å². The van der Waals surface area contributed by atoms with Crippen molar-refractivity contribution in [2.75, 3.05) is 24.9 Å². The minimum absolute atomic E-state index is 0.0135. The van der Waals surface area contributed by atoms with Crippen LogP contribution in [-0.2, 0) is 19.8 Å². The van der Waals surface area contributed by atoms with Crippen molar-refractivity contribution in [2.24, 2.45) is 28.9 Å². The van der Waals surface area contributed by atoms with E-state index in [-0.39, 0.29) is 47.3 Å². The Labute approximate surface area is 188 Å². The summed E-state index contributed by atoms with van der Waals surface area (Å²) >= 11 is 0. The average Bonchev–Trinajstić information content (AvgIpc) is 2.69. The van der Waals surface area contributed by atoms with Crippen LogP contribution in [0.15, 0.2) is 24.3 Å². The van der Waals surface area contributed by atoms with Crippen molar-refractivity contribution in [2.45, 2.75) is 44.6 Å². The van der Waals surface area contributed by atoms with E-state index in [2.05, 4.69) is 5.32 Å². The summed E-state index contributed by atoms with van der Waals surface area (Å²) in [5, 5.41) is 3.07. The molecule has 2 unspecified atom stereocenters. The molecule has 2 amide bonds. The van der Waals surface area contributed by atoms with Gasteiger partial charge < -0.3 is 11.1 Å². The molecule has 3 N–H and O–H groups in total. The Morgan fingerprint density at radius 1 is 1.16 bits per heavy atom. The second-order valence-electron chi connectivity index (χ2n) is 9.89. The van der Waals surface area contributed by atoms with Crippen LogP contribution in [0.3, 0.4) is 0 Å². The Kier molecular flexibility index (Phi) is 5.96. The number of nitrogens with two attached hydrogens (primary N) is 1. The van der Waals surface area contributed by atoms with E-state index in [9.17, 15) is 22.4 Å². The van der Waals surface area contributed by atoms with Gasteiger partial charge in [0.05, 0.1) is 12.2 Å². The largest absolute Gasteiger partial charge is 0.370 e. The number of nitrogens with zero attached hydrogens (tertiary/aromatic N) is 2. The molecule has 0 saturated heterocycles. The third-order valence-corrected chi connectivity index (χ3v) is 9.38. The van der Waals surface area contributed by atoms with E-state index in [0.29, 0.717) is 12.3 Å². The van der Waals surface area contributed by atoms with Gasteiger partial charge in [0.15, 0.2) is 0 Å². The van der Waals surface area contributed by atoms with Crippen molar-refractivity contribution in [3.8, 4) is 0 Å². The first-order valence-electron chi connectivity index (χ1n) is 11.0. The molecule has 2 atom stereocenters. The maximum absolute atomic E-state index is 14.0. The zero-order valence-electron chi connectivity index (χ0n) is 18.5. The van der Waals surface area contributed by atoms with Crippen LogP contribution in [-0.4, -0.2) is 51.2 Å². The highest BCUT2D eigenvalue weighted by Crippen LogP contribution is 2.61. The van der Waals surface area contributed by atoms with Gasteiger partial charge in [-0.25, -0.2) is 4.39 Å². The molecule has 4 saturated carbocycles. The minimum atomic E-state index is -4.08. The molecular weight excluding hydrogens is 435 g/mol. The molecule has 0 heterocycles. The number of anilines is 1. The molecule has 10 heteroatoms. The van der Waals surface area contributed by atoms with Crippen LogP contribution in [0.4, 0.5) is 10.1 Å². The number of carbonyl (C=O) groups is 2. The fourth-order valence-electron chi connectivity index (χ4n) is 6.57. The van der Waals surface area contributed by atoms with Gasteiger partial charge in [-0.3, -0.25) is 13.9 Å². The van der Waals surface area contributed by atoms with Crippen LogP contribution in [0.2, 0.25) is 0 Å². The number of carbonyl (C=O) groups excluding carboxylic acids is 2. The van der Waals surface area contributed by atoms with Gasteiger partial charge in [0.2, 0.25) is 11.8 Å². The number of para-hydroxylation sites is 1. The number of halogens is 1. The van der Waals surface area contributed by atoms with Crippen LogP contribution in [0.25, 0.3) is 0 Å². The van der Waals surface area contributed by atoms with Crippen LogP contribution in [0, 0.1) is 29.0 Å². The van der Waals surface area contributed by atoms with Crippen molar-refractivity contribution in [3.63, 3.8) is 0 Å². The lowest BCUT2D eigenvalue weighted by molar-refractivity contribution is -0.134. The summed E-state index contributed by atoms with van der Waals surface area (Å²) in [6, 6.07) is 5.58. The summed E-state index contributed by atoms with van der Waals surface area (Å²) in [6.07, 6.45) is 5.22. The summed E-state index contributed by atoms with van der Waals surface area (Å²) in [5.41, 5.74) is 5.38. The zero-order valence-corrected chi connectivity index (χ0v) is 19.3. The third kappa shape index (κ3) is 4.22. The summed E-state index contributed by atoms with van der Waals surface area (Å²) in [5.74, 6) is -0.162. The molecule has 1 aromatic rings. The highest BCUT2D eigenvalue weighted by Gasteiger charge is 2.55. The third-order valence-electron chi connectivity index (χ3n) is 7.57. The number of amides is 2. The predicted molar refractivity (Wildman–Crippen MR) is 118 cm³/mol. The number of hydrogen-bond donors (Lipinski definition) is 2. The van der Waals surface area contributed by atoms with Crippen molar-refractivity contribution < 1.29 is 22.4 Å². The van der Waals surface area contributed by atoms with Gasteiger partial charge in [-0.05, 0) is 67.4 Å². The van der Waals surface area contributed by atoms with Crippen molar-refractivity contribution >= 4 is 27.7 Å². The maximum Gasteiger partial charge on any atom is 0.304 e. The van der Waals surface area contributed by atoms with Crippen molar-refractivity contribution in [3.05, 3.63) is 30.1 Å². The highest BCUT2D eigenvalue weighted by atomic mass is 32.2. The summed E-state index contributed by atoms with van der Waals surface area (Å²) in [4.78, 5) is 24.4. The number of primary amides is 1. The van der Waals surface area contributed by atoms with Crippen LogP contribution in [0.1, 0.15) is 38.5 Å². The number of rotatable bonds is 8. The quantitative estimate of drug-likeness (QED) is 0.606. The number of hydrogen-bond acceptors (Lipinski definition) is 4. The Balaban J connectivity index is 1.40. The van der Waals surface area contributed by atoms with E-state index in [4.69, 9.17) is 5.73 Å². The second-order valence-corrected chi connectivity index (χ2v) is 12.0. The normalized spacial score (nSPS) is 31.0. The fourth-order valence-corrected chi connectivity index (χ4v) is 7.67. The molecule has 4 aliphatic rings. The lowest BCUT2D eigenvalue weighted by Gasteiger charge is -2.60. The first kappa shape index (κ1) is 23.0. The predicted octanol–water partition coefficient (Wildman–Crippen LogP) is 1.62. The van der Waals surface area contributed by atoms with Crippen LogP contribution >= 0.6 is 0 Å². The summed E-state index contributed by atoms with van der Waals surface area (Å²) < 4.78 is 41.5. The Bertz CT molecular complexity index is 1000. The zero-order chi connectivity index (χ0) is 23.3. The molecule has 176 valence electrons. The maximum atomic E-state index is 14.0. The molecule has 0 radical (unpaired) electrons. The first-order chi connectivity index (χ1) is 15.0. The Hall–Kier alpha value is -2.20. The lowest BCUT2D eigenvalue weighted by Crippen LogP contribution is -2.60. The molecule has 32 heavy (non-hydrogen) atoms. The highest BCUT2D eigenvalue weighted by molar-refractivity contribution is 7.90. The van der Waals surface area contributed by atoms with E-state index in [1.54, 1.807) is 6.07 Å². The number of nitrogens with one attached hydrogen (secondary N) is 1. The van der Waals surface area contributed by atoms with Gasteiger partial charge in [-0.1, -0.05) is 12.1 Å². The first-order valence-corrected chi connectivity index (χ1v) is 12.4. The molecule has 0 spiro atoms. The SMILES string of the molecule is CN(CC(=O)NC1C2CC3CC1CC(CC(N)=O)(C3)C2)S(=O)(=O)N(C)c1ccccc1F. The van der Waals surface area contributed by atoms with Crippen LogP contribution < -0.4 is 15.4 Å².